The van der Waals surface area contributed by atoms with Gasteiger partial charge in [0.1, 0.15) is 0 Å². The minimum absolute atomic E-state index is 0.364. The van der Waals surface area contributed by atoms with Crippen molar-refractivity contribution in [3.63, 3.8) is 0 Å². The van der Waals surface area contributed by atoms with E-state index in [9.17, 15) is 0 Å². The van der Waals surface area contributed by atoms with Crippen molar-refractivity contribution in [2.45, 2.75) is 50.7 Å². The van der Waals surface area contributed by atoms with Crippen LogP contribution in [0.2, 0.25) is 0 Å². The third-order valence-corrected chi connectivity index (χ3v) is 2.13. The van der Waals surface area contributed by atoms with Crippen LogP contribution in [0.25, 0.3) is 0 Å². The fourth-order valence-electron chi connectivity index (χ4n) is 1.23. The zero-order valence-electron chi connectivity index (χ0n) is 7.99. The van der Waals surface area contributed by atoms with Gasteiger partial charge in [0.15, 0.2) is 0 Å². The number of aryl methyl sites for hydroxylation is 1. The molecule has 0 saturated carbocycles. The fraction of sp³-hybridized carbons (Fsp3) is 0.778. The molecule has 0 amide bonds. The summed E-state index contributed by atoms with van der Waals surface area (Å²) >= 11 is 3.94. The molecule has 0 radical (unpaired) electrons. The Balaban J connectivity index is 2.06. The molecular formula is C9H16N2OS. The highest BCUT2D eigenvalue weighted by Gasteiger charge is 2.01. The average Bonchev–Trinajstić information content (AvgIpc) is 2.51. The molecular weight excluding hydrogens is 184 g/mol. The van der Waals surface area contributed by atoms with Crippen molar-refractivity contribution in [3.05, 3.63) is 5.89 Å². The second kappa shape index (κ2) is 6.02. The quantitative estimate of drug-likeness (QED) is 0.567. The topological polar surface area (TPSA) is 38.9 Å². The van der Waals surface area contributed by atoms with E-state index < -0.39 is 0 Å². The van der Waals surface area contributed by atoms with Crippen molar-refractivity contribution < 1.29 is 4.42 Å². The molecule has 0 bridgehead atoms. The van der Waals surface area contributed by atoms with Gasteiger partial charge < -0.3 is 4.42 Å². The predicted octanol–water partition coefficient (Wildman–Crippen LogP) is 2.87. The van der Waals surface area contributed by atoms with E-state index in [1.54, 1.807) is 0 Å². The molecule has 74 valence electrons. The van der Waals surface area contributed by atoms with Crippen LogP contribution in [-0.4, -0.2) is 10.2 Å². The third kappa shape index (κ3) is 4.31. The van der Waals surface area contributed by atoms with Crippen LogP contribution in [-0.2, 0) is 6.42 Å². The lowest BCUT2D eigenvalue weighted by Gasteiger charge is -1.95. The Morgan fingerprint density at radius 2 is 1.92 bits per heavy atom. The molecule has 1 rings (SSSR count). The SMILES string of the molecule is CCCCCCCc1nnc(S)o1. The molecule has 0 fully saturated rings. The molecule has 0 atom stereocenters. The minimum atomic E-state index is 0.364. The first kappa shape index (κ1) is 10.6. The Labute approximate surface area is 84.3 Å². The Hall–Kier alpha value is -0.510. The number of rotatable bonds is 6. The normalized spacial score (nSPS) is 10.6. The van der Waals surface area contributed by atoms with Crippen LogP contribution in [0.4, 0.5) is 0 Å². The van der Waals surface area contributed by atoms with Gasteiger partial charge in [0.25, 0.3) is 5.22 Å². The van der Waals surface area contributed by atoms with E-state index in [1.807, 2.05) is 0 Å². The highest BCUT2D eigenvalue weighted by molar-refractivity contribution is 7.80. The summed E-state index contributed by atoms with van der Waals surface area (Å²) in [6, 6.07) is 0. The van der Waals surface area contributed by atoms with Crippen LogP contribution >= 0.6 is 12.6 Å². The van der Waals surface area contributed by atoms with Crippen LogP contribution in [0.3, 0.4) is 0 Å². The van der Waals surface area contributed by atoms with E-state index >= 15 is 0 Å². The number of thiol groups is 1. The summed E-state index contributed by atoms with van der Waals surface area (Å²) < 4.78 is 5.13. The molecule has 0 N–H and O–H groups in total. The van der Waals surface area contributed by atoms with Crippen LogP contribution < -0.4 is 0 Å². The summed E-state index contributed by atoms with van der Waals surface area (Å²) in [5.41, 5.74) is 0. The molecule has 4 heteroatoms. The number of hydrogen-bond acceptors (Lipinski definition) is 4. The van der Waals surface area contributed by atoms with Crippen molar-refractivity contribution in [2.75, 3.05) is 0 Å². The summed E-state index contributed by atoms with van der Waals surface area (Å²) in [5, 5.41) is 7.88. The van der Waals surface area contributed by atoms with E-state index in [2.05, 4.69) is 29.7 Å². The molecule has 3 nitrogen and oxygen atoms in total. The smallest absolute Gasteiger partial charge is 0.273 e. The van der Waals surface area contributed by atoms with Gasteiger partial charge in [-0.3, -0.25) is 0 Å². The van der Waals surface area contributed by atoms with Crippen molar-refractivity contribution in [1.29, 1.82) is 0 Å². The maximum Gasteiger partial charge on any atom is 0.273 e. The van der Waals surface area contributed by atoms with Crippen LogP contribution in [0.15, 0.2) is 9.64 Å². The molecule has 0 aromatic carbocycles. The van der Waals surface area contributed by atoms with Gasteiger partial charge in [-0.15, -0.1) is 10.2 Å². The molecule has 13 heavy (non-hydrogen) atoms. The molecule has 1 aromatic rings. The first-order chi connectivity index (χ1) is 6.33. The standard InChI is InChI=1S/C9H16N2OS/c1-2-3-4-5-6-7-8-10-11-9(13)12-8/h2-7H2,1H3,(H,11,13). The fourth-order valence-corrected chi connectivity index (χ4v) is 1.38. The number of unbranched alkanes of at least 4 members (excludes halogenated alkanes) is 4. The maximum absolute atomic E-state index is 5.13. The molecule has 0 aliphatic heterocycles. The van der Waals surface area contributed by atoms with Gasteiger partial charge in [-0.1, -0.05) is 45.2 Å². The van der Waals surface area contributed by atoms with Crippen molar-refractivity contribution in [3.8, 4) is 0 Å². The summed E-state index contributed by atoms with van der Waals surface area (Å²) in [4.78, 5) is 0. The molecule has 1 heterocycles. The Kier molecular flexibility index (Phi) is 4.90. The lowest BCUT2D eigenvalue weighted by atomic mass is 10.1. The van der Waals surface area contributed by atoms with E-state index in [0.29, 0.717) is 11.1 Å². The van der Waals surface area contributed by atoms with E-state index in [4.69, 9.17) is 4.42 Å². The molecule has 0 aliphatic carbocycles. The number of hydrogen-bond donors (Lipinski definition) is 1. The number of aromatic nitrogens is 2. The van der Waals surface area contributed by atoms with Crippen molar-refractivity contribution in [1.82, 2.24) is 10.2 Å². The molecule has 0 aliphatic rings. The van der Waals surface area contributed by atoms with Gasteiger partial charge in [0, 0.05) is 6.42 Å². The monoisotopic (exact) mass is 200 g/mol. The Morgan fingerprint density at radius 3 is 2.54 bits per heavy atom. The van der Waals surface area contributed by atoms with Gasteiger partial charge in [0.2, 0.25) is 5.89 Å². The Morgan fingerprint density at radius 1 is 1.15 bits per heavy atom. The van der Waals surface area contributed by atoms with Gasteiger partial charge in [-0.05, 0) is 6.42 Å². The van der Waals surface area contributed by atoms with E-state index in [0.717, 1.165) is 12.8 Å². The van der Waals surface area contributed by atoms with E-state index in [-0.39, 0.29) is 0 Å². The lowest BCUT2D eigenvalue weighted by Crippen LogP contribution is -1.86. The van der Waals surface area contributed by atoms with E-state index in [1.165, 1.54) is 25.7 Å². The van der Waals surface area contributed by atoms with Crippen LogP contribution in [0.5, 0.6) is 0 Å². The highest BCUT2D eigenvalue weighted by Crippen LogP contribution is 2.09. The summed E-state index contributed by atoms with van der Waals surface area (Å²) in [7, 11) is 0. The van der Waals surface area contributed by atoms with Crippen LogP contribution in [0, 0.1) is 0 Å². The first-order valence-corrected chi connectivity index (χ1v) is 5.29. The van der Waals surface area contributed by atoms with Crippen LogP contribution in [0.1, 0.15) is 44.9 Å². The molecule has 0 spiro atoms. The maximum atomic E-state index is 5.13. The summed E-state index contributed by atoms with van der Waals surface area (Å²) in [6.45, 7) is 2.21. The summed E-state index contributed by atoms with van der Waals surface area (Å²) in [6.07, 6.45) is 7.17. The predicted molar refractivity (Wildman–Crippen MR) is 54.0 cm³/mol. The second-order valence-electron chi connectivity index (χ2n) is 3.14. The zero-order valence-corrected chi connectivity index (χ0v) is 8.89. The molecule has 0 saturated heterocycles. The third-order valence-electron chi connectivity index (χ3n) is 1.95. The average molecular weight is 200 g/mol. The zero-order chi connectivity index (χ0) is 9.52. The molecule has 0 unspecified atom stereocenters. The Bertz CT molecular complexity index is 237. The second-order valence-corrected chi connectivity index (χ2v) is 3.53. The molecule has 1 aromatic heterocycles. The van der Waals surface area contributed by atoms with Crippen molar-refractivity contribution in [2.24, 2.45) is 0 Å². The van der Waals surface area contributed by atoms with Crippen molar-refractivity contribution >= 4 is 12.6 Å². The van der Waals surface area contributed by atoms with Gasteiger partial charge in [-0.2, -0.15) is 0 Å². The first-order valence-electron chi connectivity index (χ1n) is 4.84. The summed E-state index contributed by atoms with van der Waals surface area (Å²) in [5.74, 6) is 0.710. The largest absolute Gasteiger partial charge is 0.416 e. The minimum Gasteiger partial charge on any atom is -0.416 e. The lowest BCUT2D eigenvalue weighted by molar-refractivity contribution is 0.408. The number of nitrogens with zero attached hydrogens (tertiary/aromatic N) is 2. The van der Waals surface area contributed by atoms with Gasteiger partial charge in [0.05, 0.1) is 0 Å². The van der Waals surface area contributed by atoms with Gasteiger partial charge >= 0.3 is 0 Å². The highest BCUT2D eigenvalue weighted by atomic mass is 32.1. The van der Waals surface area contributed by atoms with Gasteiger partial charge in [-0.25, -0.2) is 0 Å².